The van der Waals surface area contributed by atoms with Crippen molar-refractivity contribution < 1.29 is 26.7 Å². The van der Waals surface area contributed by atoms with Crippen molar-refractivity contribution in [2.75, 3.05) is 6.61 Å². The molecule has 7 heteroatoms. The molecule has 21 heavy (non-hydrogen) atoms. The van der Waals surface area contributed by atoms with Crippen molar-refractivity contribution in [1.29, 1.82) is 0 Å². The van der Waals surface area contributed by atoms with E-state index >= 15 is 0 Å². The monoisotopic (exact) mass is 318 g/mol. The van der Waals surface area contributed by atoms with Gasteiger partial charge in [-0.25, -0.2) is 17.2 Å². The minimum absolute atomic E-state index is 0.313. The number of ketones is 1. The Hall–Kier alpha value is -1.34. The Morgan fingerprint density at radius 3 is 2.57 bits per heavy atom. The van der Waals surface area contributed by atoms with E-state index in [4.69, 9.17) is 4.74 Å². The molecule has 1 aromatic carbocycles. The van der Waals surface area contributed by atoms with E-state index in [-0.39, 0.29) is 0 Å². The van der Waals surface area contributed by atoms with Gasteiger partial charge < -0.3 is 4.74 Å². The SMILES string of the molecule is CC1OCCC1S(=O)(=O)C(C)C(=O)c1ccc(F)cc1F. The smallest absolute Gasteiger partial charge is 0.183 e. The summed E-state index contributed by atoms with van der Waals surface area (Å²) in [6, 6.07) is 2.46. The summed E-state index contributed by atoms with van der Waals surface area (Å²) in [7, 11) is -3.80. The van der Waals surface area contributed by atoms with Gasteiger partial charge in [0.15, 0.2) is 15.6 Å². The number of sulfone groups is 1. The number of hydrogen-bond donors (Lipinski definition) is 0. The maximum Gasteiger partial charge on any atom is 0.183 e. The molecule has 1 saturated heterocycles. The van der Waals surface area contributed by atoms with Crippen molar-refractivity contribution >= 4 is 15.6 Å². The van der Waals surface area contributed by atoms with Crippen molar-refractivity contribution in [2.24, 2.45) is 0 Å². The zero-order chi connectivity index (χ0) is 15.8. The molecule has 1 heterocycles. The highest BCUT2D eigenvalue weighted by atomic mass is 32.2. The minimum Gasteiger partial charge on any atom is -0.377 e. The highest BCUT2D eigenvalue weighted by Gasteiger charge is 2.42. The Morgan fingerprint density at radius 2 is 2.05 bits per heavy atom. The third-order valence-electron chi connectivity index (χ3n) is 3.79. The minimum atomic E-state index is -3.80. The zero-order valence-corrected chi connectivity index (χ0v) is 12.5. The summed E-state index contributed by atoms with van der Waals surface area (Å²) in [5, 5.41) is -2.17. The van der Waals surface area contributed by atoms with Gasteiger partial charge in [-0.1, -0.05) is 0 Å². The van der Waals surface area contributed by atoms with Gasteiger partial charge in [0, 0.05) is 12.7 Å². The number of carbonyl (C=O) groups excluding carboxylic acids is 1. The van der Waals surface area contributed by atoms with Gasteiger partial charge in [0.05, 0.1) is 16.9 Å². The molecule has 0 aromatic heterocycles. The molecule has 1 fully saturated rings. The van der Waals surface area contributed by atoms with Crippen molar-refractivity contribution in [3.8, 4) is 0 Å². The first-order valence-corrected chi connectivity index (χ1v) is 8.19. The highest BCUT2D eigenvalue weighted by molar-refractivity contribution is 7.93. The zero-order valence-electron chi connectivity index (χ0n) is 11.7. The van der Waals surface area contributed by atoms with Crippen LogP contribution in [-0.4, -0.2) is 37.4 Å². The van der Waals surface area contributed by atoms with Crippen LogP contribution in [0.3, 0.4) is 0 Å². The molecule has 3 unspecified atom stereocenters. The van der Waals surface area contributed by atoms with E-state index in [9.17, 15) is 22.0 Å². The molecule has 1 aliphatic rings. The lowest BCUT2D eigenvalue weighted by molar-refractivity contribution is 0.0986. The van der Waals surface area contributed by atoms with Crippen LogP contribution in [0, 0.1) is 11.6 Å². The lowest BCUT2D eigenvalue weighted by Crippen LogP contribution is -2.39. The van der Waals surface area contributed by atoms with E-state index in [1.807, 2.05) is 0 Å². The molecular formula is C14H16F2O4S. The largest absolute Gasteiger partial charge is 0.377 e. The first-order valence-electron chi connectivity index (χ1n) is 6.58. The van der Waals surface area contributed by atoms with Crippen LogP contribution in [-0.2, 0) is 14.6 Å². The summed E-state index contributed by atoms with van der Waals surface area (Å²) in [5.41, 5.74) is -0.418. The van der Waals surface area contributed by atoms with Crippen LogP contribution in [0.25, 0.3) is 0 Å². The standard InChI is InChI=1S/C14H16F2O4S/c1-8-13(5-6-20-8)21(18,19)9(2)14(17)11-4-3-10(15)7-12(11)16/h3-4,7-9,13H,5-6H2,1-2H3. The number of hydrogen-bond acceptors (Lipinski definition) is 4. The van der Waals surface area contributed by atoms with Gasteiger partial charge >= 0.3 is 0 Å². The van der Waals surface area contributed by atoms with Gasteiger partial charge in [-0.3, -0.25) is 4.79 Å². The molecule has 0 aliphatic carbocycles. The van der Waals surface area contributed by atoms with Gasteiger partial charge in [-0.15, -0.1) is 0 Å². The summed E-state index contributed by atoms with van der Waals surface area (Å²) in [5.74, 6) is -2.75. The first-order chi connectivity index (χ1) is 9.75. The summed E-state index contributed by atoms with van der Waals surface area (Å²) in [6.07, 6.45) is -0.184. The number of halogens is 2. The topological polar surface area (TPSA) is 60.4 Å². The molecule has 0 N–H and O–H groups in total. The van der Waals surface area contributed by atoms with Crippen LogP contribution in [0.2, 0.25) is 0 Å². The molecule has 0 spiro atoms. The molecule has 1 aromatic rings. The normalized spacial score (nSPS) is 24.0. The quantitative estimate of drug-likeness (QED) is 0.798. The molecule has 2 rings (SSSR count). The van der Waals surface area contributed by atoms with E-state index < -0.39 is 49.4 Å². The van der Waals surface area contributed by atoms with Crippen molar-refractivity contribution in [3.05, 3.63) is 35.4 Å². The van der Waals surface area contributed by atoms with E-state index in [2.05, 4.69) is 0 Å². The van der Waals surface area contributed by atoms with E-state index in [1.54, 1.807) is 6.92 Å². The summed E-state index contributed by atoms with van der Waals surface area (Å²) in [6.45, 7) is 3.17. The number of carbonyl (C=O) groups is 1. The first kappa shape index (κ1) is 16.0. The molecule has 0 bridgehead atoms. The van der Waals surface area contributed by atoms with Crippen LogP contribution in [0.5, 0.6) is 0 Å². The molecule has 3 atom stereocenters. The van der Waals surface area contributed by atoms with Crippen molar-refractivity contribution in [1.82, 2.24) is 0 Å². The van der Waals surface area contributed by atoms with Gasteiger partial charge in [0.25, 0.3) is 0 Å². The Labute approximate surface area is 122 Å². The average Bonchev–Trinajstić information content (AvgIpc) is 2.84. The van der Waals surface area contributed by atoms with Crippen LogP contribution >= 0.6 is 0 Å². The van der Waals surface area contributed by atoms with Gasteiger partial charge in [0.2, 0.25) is 0 Å². The maximum absolute atomic E-state index is 13.6. The third kappa shape index (κ3) is 2.98. The third-order valence-corrected chi connectivity index (χ3v) is 6.45. The lowest BCUT2D eigenvalue weighted by atomic mass is 10.1. The maximum atomic E-state index is 13.6. The second-order valence-electron chi connectivity index (χ2n) is 5.12. The second-order valence-corrected chi connectivity index (χ2v) is 7.61. The number of Topliss-reactive ketones (excluding diaryl/α,β-unsaturated/α-hetero) is 1. The van der Waals surface area contributed by atoms with Crippen LogP contribution in [0.1, 0.15) is 30.6 Å². The Kier molecular flexibility index (Phi) is 4.43. The van der Waals surface area contributed by atoms with Crippen LogP contribution in [0.15, 0.2) is 18.2 Å². The Morgan fingerprint density at radius 1 is 1.38 bits per heavy atom. The van der Waals surface area contributed by atoms with Crippen LogP contribution in [0.4, 0.5) is 8.78 Å². The van der Waals surface area contributed by atoms with Crippen molar-refractivity contribution in [2.45, 2.75) is 36.9 Å². The molecule has 0 radical (unpaired) electrons. The number of benzene rings is 1. The van der Waals surface area contributed by atoms with Gasteiger partial charge in [-0.2, -0.15) is 0 Å². The molecule has 4 nitrogen and oxygen atoms in total. The van der Waals surface area contributed by atoms with Gasteiger partial charge in [0.1, 0.15) is 16.9 Å². The Bertz CT molecular complexity index is 657. The molecule has 0 amide bonds. The fourth-order valence-corrected chi connectivity index (χ4v) is 4.45. The second kappa shape index (κ2) is 5.81. The summed E-state index contributed by atoms with van der Waals surface area (Å²) < 4.78 is 56.6. The predicted molar refractivity (Wildman–Crippen MR) is 72.9 cm³/mol. The molecule has 0 saturated carbocycles. The number of rotatable bonds is 4. The lowest BCUT2D eigenvalue weighted by Gasteiger charge is -2.19. The Balaban J connectivity index is 2.30. The van der Waals surface area contributed by atoms with Crippen molar-refractivity contribution in [3.63, 3.8) is 0 Å². The molecule has 116 valence electrons. The van der Waals surface area contributed by atoms with E-state index in [0.29, 0.717) is 19.1 Å². The van der Waals surface area contributed by atoms with E-state index in [0.717, 1.165) is 12.1 Å². The summed E-state index contributed by atoms with van der Waals surface area (Å²) in [4.78, 5) is 12.2. The fraction of sp³-hybridized carbons (Fsp3) is 0.500. The van der Waals surface area contributed by atoms with Crippen LogP contribution < -0.4 is 0 Å². The summed E-state index contributed by atoms with van der Waals surface area (Å²) >= 11 is 0. The fourth-order valence-electron chi connectivity index (χ4n) is 2.46. The van der Waals surface area contributed by atoms with E-state index in [1.165, 1.54) is 6.92 Å². The average molecular weight is 318 g/mol. The molecule has 1 aliphatic heterocycles. The number of ether oxygens (including phenoxy) is 1. The predicted octanol–water partition coefficient (Wildman–Crippen LogP) is 2.13. The van der Waals surface area contributed by atoms with Gasteiger partial charge in [-0.05, 0) is 32.4 Å². The highest BCUT2D eigenvalue weighted by Crippen LogP contribution is 2.26. The molecular weight excluding hydrogens is 302 g/mol.